The van der Waals surface area contributed by atoms with Crippen LogP contribution in [0, 0.1) is 5.92 Å². The third-order valence-corrected chi connectivity index (χ3v) is 3.80. The van der Waals surface area contributed by atoms with E-state index in [2.05, 4.69) is 64.0 Å². The zero-order chi connectivity index (χ0) is 14.4. The van der Waals surface area contributed by atoms with E-state index in [0.29, 0.717) is 12.0 Å². The van der Waals surface area contributed by atoms with Crippen LogP contribution in [0.2, 0.25) is 0 Å². The zero-order valence-corrected chi connectivity index (χ0v) is 13.3. The van der Waals surface area contributed by atoms with Gasteiger partial charge in [-0.05, 0) is 43.5 Å². The highest BCUT2D eigenvalue weighted by Gasteiger charge is 2.15. The van der Waals surface area contributed by atoms with Crippen LogP contribution in [0.15, 0.2) is 12.1 Å². The molecule has 0 saturated carbocycles. The lowest BCUT2D eigenvalue weighted by molar-refractivity contribution is 0.502. The van der Waals surface area contributed by atoms with Crippen LogP contribution in [0.5, 0.6) is 0 Å². The van der Waals surface area contributed by atoms with Crippen LogP contribution in [0.1, 0.15) is 45.9 Å². The Labute approximate surface area is 118 Å². The van der Waals surface area contributed by atoms with E-state index in [1.807, 2.05) is 0 Å². The molecule has 1 heterocycles. The third-order valence-electron chi connectivity index (χ3n) is 3.80. The van der Waals surface area contributed by atoms with Gasteiger partial charge in [0, 0.05) is 25.3 Å². The molecule has 19 heavy (non-hydrogen) atoms. The summed E-state index contributed by atoms with van der Waals surface area (Å²) in [6.45, 7) is 13.0. The van der Waals surface area contributed by atoms with Gasteiger partial charge in [0.1, 0.15) is 5.82 Å². The topological polar surface area (TPSA) is 28.2 Å². The number of aryl methyl sites for hydroxylation is 1. The summed E-state index contributed by atoms with van der Waals surface area (Å²) in [5.41, 5.74) is 2.50. The average molecular weight is 263 g/mol. The van der Waals surface area contributed by atoms with E-state index in [-0.39, 0.29) is 0 Å². The van der Waals surface area contributed by atoms with Gasteiger partial charge in [-0.3, -0.25) is 0 Å². The van der Waals surface area contributed by atoms with Crippen LogP contribution < -0.4 is 10.2 Å². The Morgan fingerprint density at radius 3 is 2.42 bits per heavy atom. The Kier molecular flexibility index (Phi) is 6.29. The average Bonchev–Trinajstić information content (AvgIpc) is 2.42. The molecular weight excluding hydrogens is 234 g/mol. The lowest BCUT2D eigenvalue weighted by atomic mass is 10.0. The predicted octanol–water partition coefficient (Wildman–Crippen LogP) is 3.23. The molecule has 0 spiro atoms. The molecule has 0 aliphatic heterocycles. The highest BCUT2D eigenvalue weighted by Crippen LogP contribution is 2.19. The summed E-state index contributed by atoms with van der Waals surface area (Å²) >= 11 is 0. The Balaban J connectivity index is 2.98. The molecular formula is C16H29N3. The van der Waals surface area contributed by atoms with Gasteiger partial charge in [-0.2, -0.15) is 0 Å². The van der Waals surface area contributed by atoms with Gasteiger partial charge in [0.05, 0.1) is 0 Å². The first kappa shape index (κ1) is 16.0. The van der Waals surface area contributed by atoms with Crippen molar-refractivity contribution in [3.05, 3.63) is 23.4 Å². The molecule has 3 heteroatoms. The second-order valence-electron chi connectivity index (χ2n) is 5.55. The summed E-state index contributed by atoms with van der Waals surface area (Å²) < 4.78 is 0. The molecule has 1 unspecified atom stereocenters. The fraction of sp³-hybridized carbons (Fsp3) is 0.688. The van der Waals surface area contributed by atoms with Crippen LogP contribution in [0.4, 0.5) is 5.82 Å². The number of hydrogen-bond donors (Lipinski definition) is 1. The largest absolute Gasteiger partial charge is 0.357 e. The summed E-state index contributed by atoms with van der Waals surface area (Å²) in [5.74, 6) is 1.71. The van der Waals surface area contributed by atoms with Crippen LogP contribution in [0.25, 0.3) is 0 Å². The minimum absolute atomic E-state index is 0.492. The van der Waals surface area contributed by atoms with Crippen molar-refractivity contribution in [2.45, 2.75) is 53.6 Å². The minimum atomic E-state index is 0.492. The van der Waals surface area contributed by atoms with E-state index in [9.17, 15) is 0 Å². The molecule has 1 aromatic heterocycles. The molecule has 3 nitrogen and oxygen atoms in total. The molecule has 0 bridgehead atoms. The van der Waals surface area contributed by atoms with Crippen LogP contribution in [0.3, 0.4) is 0 Å². The molecule has 1 rings (SSSR count). The van der Waals surface area contributed by atoms with E-state index >= 15 is 0 Å². The molecule has 0 amide bonds. The summed E-state index contributed by atoms with van der Waals surface area (Å²) in [7, 11) is 2.14. The quantitative estimate of drug-likeness (QED) is 0.818. The SMILES string of the molecule is CCNCc1cc(CC)nc(N(C)C(C)C(C)C)c1. The van der Waals surface area contributed by atoms with Crippen LogP contribution in [-0.2, 0) is 13.0 Å². The lowest BCUT2D eigenvalue weighted by Crippen LogP contribution is -2.34. The maximum atomic E-state index is 4.76. The molecule has 0 fully saturated rings. The van der Waals surface area contributed by atoms with E-state index in [0.717, 1.165) is 25.3 Å². The highest BCUT2D eigenvalue weighted by molar-refractivity contribution is 5.43. The first-order valence-electron chi connectivity index (χ1n) is 7.42. The van der Waals surface area contributed by atoms with Gasteiger partial charge in [0.15, 0.2) is 0 Å². The first-order valence-corrected chi connectivity index (χ1v) is 7.42. The Bertz CT molecular complexity index is 388. The fourth-order valence-corrected chi connectivity index (χ4v) is 2.02. The summed E-state index contributed by atoms with van der Waals surface area (Å²) in [5, 5.41) is 3.39. The van der Waals surface area contributed by atoms with Crippen molar-refractivity contribution in [3.63, 3.8) is 0 Å². The Hall–Kier alpha value is -1.09. The Morgan fingerprint density at radius 1 is 1.21 bits per heavy atom. The second kappa shape index (κ2) is 7.49. The number of aromatic nitrogens is 1. The van der Waals surface area contributed by atoms with E-state index in [1.165, 1.54) is 11.3 Å². The molecule has 0 aromatic carbocycles. The lowest BCUT2D eigenvalue weighted by Gasteiger charge is -2.29. The molecule has 1 aromatic rings. The molecule has 0 radical (unpaired) electrons. The number of anilines is 1. The molecule has 108 valence electrons. The van der Waals surface area contributed by atoms with Crippen molar-refractivity contribution in [1.82, 2.24) is 10.3 Å². The maximum Gasteiger partial charge on any atom is 0.129 e. The molecule has 1 atom stereocenters. The minimum Gasteiger partial charge on any atom is -0.357 e. The van der Waals surface area contributed by atoms with Gasteiger partial charge < -0.3 is 10.2 Å². The predicted molar refractivity (Wildman–Crippen MR) is 83.7 cm³/mol. The van der Waals surface area contributed by atoms with Gasteiger partial charge in [0.2, 0.25) is 0 Å². The zero-order valence-electron chi connectivity index (χ0n) is 13.3. The van der Waals surface area contributed by atoms with Crippen molar-refractivity contribution in [2.24, 2.45) is 5.92 Å². The molecule has 0 aliphatic carbocycles. The third kappa shape index (κ3) is 4.50. The van der Waals surface area contributed by atoms with E-state index in [4.69, 9.17) is 4.98 Å². The van der Waals surface area contributed by atoms with Gasteiger partial charge in [-0.25, -0.2) is 4.98 Å². The maximum absolute atomic E-state index is 4.76. The Morgan fingerprint density at radius 2 is 1.89 bits per heavy atom. The van der Waals surface area contributed by atoms with Gasteiger partial charge in [-0.1, -0.05) is 27.7 Å². The van der Waals surface area contributed by atoms with Crippen molar-refractivity contribution in [2.75, 3.05) is 18.5 Å². The molecule has 0 saturated heterocycles. The van der Waals surface area contributed by atoms with Gasteiger partial charge in [0.25, 0.3) is 0 Å². The first-order chi connectivity index (χ1) is 8.99. The summed E-state index contributed by atoms with van der Waals surface area (Å²) in [6.07, 6.45) is 0.983. The van der Waals surface area contributed by atoms with Crippen LogP contribution in [-0.4, -0.2) is 24.6 Å². The normalized spacial score (nSPS) is 12.8. The second-order valence-corrected chi connectivity index (χ2v) is 5.55. The van der Waals surface area contributed by atoms with Crippen molar-refractivity contribution < 1.29 is 0 Å². The summed E-state index contributed by atoms with van der Waals surface area (Å²) in [6, 6.07) is 4.91. The number of nitrogens with zero attached hydrogens (tertiary/aromatic N) is 2. The van der Waals surface area contributed by atoms with Crippen molar-refractivity contribution >= 4 is 5.82 Å². The number of rotatable bonds is 7. The molecule has 1 N–H and O–H groups in total. The monoisotopic (exact) mass is 263 g/mol. The fourth-order valence-electron chi connectivity index (χ4n) is 2.02. The van der Waals surface area contributed by atoms with Crippen molar-refractivity contribution in [1.29, 1.82) is 0 Å². The van der Waals surface area contributed by atoms with Gasteiger partial charge >= 0.3 is 0 Å². The van der Waals surface area contributed by atoms with E-state index < -0.39 is 0 Å². The van der Waals surface area contributed by atoms with E-state index in [1.54, 1.807) is 0 Å². The number of hydrogen-bond acceptors (Lipinski definition) is 3. The summed E-state index contributed by atoms with van der Waals surface area (Å²) in [4.78, 5) is 7.05. The highest BCUT2D eigenvalue weighted by atomic mass is 15.2. The molecule has 0 aliphatic rings. The standard InChI is InChI=1S/C16H29N3/c1-7-15-9-14(11-17-8-2)10-16(18-15)19(6)13(5)12(3)4/h9-10,12-13,17H,7-8,11H2,1-6H3. The number of pyridine rings is 1. The van der Waals surface area contributed by atoms with Gasteiger partial charge in [-0.15, -0.1) is 0 Å². The van der Waals surface area contributed by atoms with Crippen LogP contribution >= 0.6 is 0 Å². The smallest absolute Gasteiger partial charge is 0.129 e. The number of nitrogens with one attached hydrogen (secondary N) is 1. The van der Waals surface area contributed by atoms with Crippen molar-refractivity contribution in [3.8, 4) is 0 Å².